The van der Waals surface area contributed by atoms with Crippen molar-refractivity contribution in [2.45, 2.75) is 32.9 Å². The molecule has 0 spiro atoms. The van der Waals surface area contributed by atoms with Crippen LogP contribution in [0.5, 0.6) is 5.75 Å². The van der Waals surface area contributed by atoms with Crippen LogP contribution in [0.15, 0.2) is 22.7 Å². The van der Waals surface area contributed by atoms with Gasteiger partial charge in [-0.25, -0.2) is 0 Å². The van der Waals surface area contributed by atoms with Crippen LogP contribution in [-0.2, 0) is 11.3 Å². The molecule has 0 bridgehead atoms. The molecule has 1 unspecified atom stereocenters. The number of halogens is 1. The largest absolute Gasteiger partial charge is 0.481 e. The average Bonchev–Trinajstić information content (AvgIpc) is 2.37. The van der Waals surface area contributed by atoms with Crippen LogP contribution in [0.2, 0.25) is 0 Å². The molecule has 0 radical (unpaired) electrons. The van der Waals surface area contributed by atoms with Gasteiger partial charge in [-0.05, 0) is 31.5 Å². The van der Waals surface area contributed by atoms with Crippen molar-refractivity contribution in [2.75, 3.05) is 6.54 Å². The summed E-state index contributed by atoms with van der Waals surface area (Å²) >= 11 is 3.38. The van der Waals surface area contributed by atoms with Crippen molar-refractivity contribution in [2.24, 2.45) is 5.73 Å². The number of benzene rings is 1. The normalized spacial score (nSPS) is 12.0. The van der Waals surface area contributed by atoms with Gasteiger partial charge in [0.15, 0.2) is 6.10 Å². The van der Waals surface area contributed by atoms with E-state index in [2.05, 4.69) is 21.2 Å². The highest BCUT2D eigenvalue weighted by Crippen LogP contribution is 2.23. The van der Waals surface area contributed by atoms with Crippen LogP contribution in [0.4, 0.5) is 0 Å². The first-order chi connectivity index (χ1) is 8.58. The maximum absolute atomic E-state index is 11.7. The van der Waals surface area contributed by atoms with Gasteiger partial charge in [0.05, 0.1) is 0 Å². The molecule has 0 aliphatic heterocycles. The van der Waals surface area contributed by atoms with Crippen molar-refractivity contribution >= 4 is 21.8 Å². The Morgan fingerprint density at radius 1 is 1.56 bits per heavy atom. The second-order valence-electron chi connectivity index (χ2n) is 4.01. The number of rotatable bonds is 6. The molecule has 1 rings (SSSR count). The maximum atomic E-state index is 11.7. The van der Waals surface area contributed by atoms with Gasteiger partial charge in [-0.1, -0.05) is 22.9 Å². The molecule has 4 nitrogen and oxygen atoms in total. The zero-order valence-corrected chi connectivity index (χ0v) is 12.3. The molecule has 0 fully saturated rings. The van der Waals surface area contributed by atoms with E-state index in [1.54, 1.807) is 6.92 Å². The van der Waals surface area contributed by atoms with Crippen LogP contribution in [0.1, 0.15) is 25.8 Å². The predicted octanol–water partition coefficient (Wildman–Crippen LogP) is 2.20. The summed E-state index contributed by atoms with van der Waals surface area (Å²) in [6.45, 7) is 4.77. The van der Waals surface area contributed by atoms with Gasteiger partial charge in [0.1, 0.15) is 5.75 Å². The second kappa shape index (κ2) is 7.38. The van der Waals surface area contributed by atoms with Crippen molar-refractivity contribution in [3.8, 4) is 5.75 Å². The molecule has 0 heterocycles. The summed E-state index contributed by atoms with van der Waals surface area (Å²) in [4.78, 5) is 11.7. The van der Waals surface area contributed by atoms with Crippen molar-refractivity contribution in [1.82, 2.24) is 5.32 Å². The third-order valence-electron chi connectivity index (χ3n) is 2.46. The molecular formula is C13H19BrN2O2. The Labute approximate surface area is 116 Å². The lowest BCUT2D eigenvalue weighted by atomic mass is 10.2. The lowest BCUT2D eigenvalue weighted by Gasteiger charge is -2.16. The van der Waals surface area contributed by atoms with Crippen molar-refractivity contribution < 1.29 is 9.53 Å². The van der Waals surface area contributed by atoms with Crippen LogP contribution in [0.25, 0.3) is 0 Å². The number of ether oxygens (including phenoxy) is 1. The summed E-state index contributed by atoms with van der Waals surface area (Å²) in [6, 6.07) is 5.58. The summed E-state index contributed by atoms with van der Waals surface area (Å²) in [5, 5.41) is 2.80. The highest BCUT2D eigenvalue weighted by atomic mass is 79.9. The zero-order chi connectivity index (χ0) is 13.5. The first-order valence-corrected chi connectivity index (χ1v) is 6.80. The summed E-state index contributed by atoms with van der Waals surface area (Å²) in [6.07, 6.45) is 0.383. The Kier molecular flexibility index (Phi) is 6.15. The molecule has 5 heteroatoms. The van der Waals surface area contributed by atoms with E-state index < -0.39 is 6.10 Å². The monoisotopic (exact) mass is 314 g/mol. The van der Waals surface area contributed by atoms with E-state index in [1.165, 1.54) is 0 Å². The number of carbonyl (C=O) groups is 1. The summed E-state index contributed by atoms with van der Waals surface area (Å²) in [5.74, 6) is 0.544. The molecule has 0 aliphatic carbocycles. The van der Waals surface area contributed by atoms with E-state index in [4.69, 9.17) is 10.5 Å². The highest BCUT2D eigenvalue weighted by Gasteiger charge is 2.15. The molecule has 1 atom stereocenters. The molecule has 0 saturated heterocycles. The van der Waals surface area contributed by atoms with Crippen molar-refractivity contribution in [3.05, 3.63) is 28.2 Å². The summed E-state index contributed by atoms with van der Waals surface area (Å²) in [5.41, 5.74) is 6.52. The van der Waals surface area contributed by atoms with Crippen LogP contribution < -0.4 is 15.8 Å². The third-order valence-corrected chi connectivity index (χ3v) is 2.96. The van der Waals surface area contributed by atoms with Crippen LogP contribution in [0.3, 0.4) is 0 Å². The van der Waals surface area contributed by atoms with Gasteiger partial charge in [-0.3, -0.25) is 4.79 Å². The molecule has 0 saturated carbocycles. The standard InChI is InChI=1S/C13H19BrN2O2/c1-3-6-16-13(17)9(2)18-12-5-4-11(14)7-10(12)8-15/h4-5,7,9H,3,6,8,15H2,1-2H3,(H,16,17). The molecule has 1 aromatic carbocycles. The van der Waals surface area contributed by atoms with E-state index in [0.717, 1.165) is 16.5 Å². The van der Waals surface area contributed by atoms with Gasteiger partial charge in [-0.2, -0.15) is 0 Å². The maximum Gasteiger partial charge on any atom is 0.260 e. The minimum absolute atomic E-state index is 0.109. The van der Waals surface area contributed by atoms with E-state index in [1.807, 2.05) is 25.1 Å². The van der Waals surface area contributed by atoms with Crippen molar-refractivity contribution in [1.29, 1.82) is 0 Å². The van der Waals surface area contributed by atoms with Gasteiger partial charge >= 0.3 is 0 Å². The number of amides is 1. The lowest BCUT2D eigenvalue weighted by Crippen LogP contribution is -2.36. The zero-order valence-electron chi connectivity index (χ0n) is 10.7. The Balaban J connectivity index is 2.69. The van der Waals surface area contributed by atoms with Gasteiger partial charge in [0, 0.05) is 23.1 Å². The van der Waals surface area contributed by atoms with Crippen LogP contribution in [0, 0.1) is 0 Å². The number of hydrogen-bond donors (Lipinski definition) is 2. The molecule has 3 N–H and O–H groups in total. The average molecular weight is 315 g/mol. The molecule has 1 amide bonds. The topological polar surface area (TPSA) is 64.3 Å². The fraction of sp³-hybridized carbons (Fsp3) is 0.462. The Morgan fingerprint density at radius 2 is 2.28 bits per heavy atom. The number of nitrogens with one attached hydrogen (secondary N) is 1. The van der Waals surface area contributed by atoms with E-state index in [0.29, 0.717) is 18.8 Å². The minimum atomic E-state index is -0.525. The smallest absolute Gasteiger partial charge is 0.260 e. The van der Waals surface area contributed by atoms with E-state index in [-0.39, 0.29) is 5.91 Å². The Hall–Kier alpha value is -1.07. The number of nitrogens with two attached hydrogens (primary N) is 1. The quantitative estimate of drug-likeness (QED) is 0.846. The third kappa shape index (κ3) is 4.31. The molecular weight excluding hydrogens is 296 g/mol. The summed E-state index contributed by atoms with van der Waals surface area (Å²) < 4.78 is 6.58. The van der Waals surface area contributed by atoms with Crippen LogP contribution >= 0.6 is 15.9 Å². The van der Waals surface area contributed by atoms with Gasteiger partial charge in [-0.15, -0.1) is 0 Å². The first kappa shape index (κ1) is 15.0. The minimum Gasteiger partial charge on any atom is -0.481 e. The lowest BCUT2D eigenvalue weighted by molar-refractivity contribution is -0.127. The number of hydrogen-bond acceptors (Lipinski definition) is 3. The van der Waals surface area contributed by atoms with Crippen LogP contribution in [-0.4, -0.2) is 18.6 Å². The van der Waals surface area contributed by atoms with Gasteiger partial charge in [0.2, 0.25) is 0 Å². The molecule has 0 aliphatic rings. The summed E-state index contributed by atoms with van der Waals surface area (Å²) in [7, 11) is 0. The second-order valence-corrected chi connectivity index (χ2v) is 4.92. The fourth-order valence-corrected chi connectivity index (χ4v) is 1.87. The highest BCUT2D eigenvalue weighted by molar-refractivity contribution is 9.10. The SMILES string of the molecule is CCCNC(=O)C(C)Oc1ccc(Br)cc1CN. The van der Waals surface area contributed by atoms with E-state index >= 15 is 0 Å². The Bertz CT molecular complexity index is 410. The molecule has 100 valence electrons. The molecule has 0 aromatic heterocycles. The van der Waals surface area contributed by atoms with Crippen molar-refractivity contribution in [3.63, 3.8) is 0 Å². The first-order valence-electron chi connectivity index (χ1n) is 6.01. The van der Waals surface area contributed by atoms with Gasteiger partial charge < -0.3 is 15.8 Å². The number of carbonyl (C=O) groups excluding carboxylic acids is 1. The molecule has 1 aromatic rings. The fourth-order valence-electron chi connectivity index (χ4n) is 1.46. The molecule has 18 heavy (non-hydrogen) atoms. The Morgan fingerprint density at radius 3 is 2.89 bits per heavy atom. The van der Waals surface area contributed by atoms with Gasteiger partial charge in [0.25, 0.3) is 5.91 Å². The predicted molar refractivity (Wildman–Crippen MR) is 75.4 cm³/mol. The van der Waals surface area contributed by atoms with E-state index in [9.17, 15) is 4.79 Å².